The van der Waals surface area contributed by atoms with E-state index in [1.807, 2.05) is 18.2 Å². The van der Waals surface area contributed by atoms with Crippen molar-refractivity contribution in [1.82, 2.24) is 0 Å². The molecular weight excluding hydrogens is 256 g/mol. The van der Waals surface area contributed by atoms with Crippen molar-refractivity contribution in [2.24, 2.45) is 0 Å². The average molecular weight is 272 g/mol. The molecule has 0 saturated carbocycles. The van der Waals surface area contributed by atoms with Crippen LogP contribution in [0.1, 0.15) is 30.2 Å². The number of hydrogen-bond donors (Lipinski definition) is 1. The normalized spacial score (nSPS) is 11.3. The molecule has 1 heterocycles. The molecule has 1 N–H and O–H groups in total. The summed E-state index contributed by atoms with van der Waals surface area (Å²) >= 11 is 1.61. The molecule has 1 aromatic carbocycles. The third kappa shape index (κ3) is 3.32. The van der Waals surface area contributed by atoms with Gasteiger partial charge in [-0.15, -0.1) is 11.3 Å². The van der Waals surface area contributed by atoms with Gasteiger partial charge in [0, 0.05) is 15.8 Å². The first kappa shape index (κ1) is 13.6. The molecule has 0 aliphatic carbocycles. The van der Waals surface area contributed by atoms with E-state index in [2.05, 4.69) is 32.0 Å². The quantitative estimate of drug-likeness (QED) is 0.823. The van der Waals surface area contributed by atoms with Crippen LogP contribution in [0.4, 0.5) is 0 Å². The second-order valence-corrected chi connectivity index (χ2v) is 5.73. The smallest absolute Gasteiger partial charge is 0.328 e. The molecule has 0 fully saturated rings. The van der Waals surface area contributed by atoms with Crippen molar-refractivity contribution in [3.63, 3.8) is 0 Å². The van der Waals surface area contributed by atoms with Crippen LogP contribution in [0.25, 0.3) is 16.5 Å². The molecule has 0 aliphatic heterocycles. The first-order chi connectivity index (χ1) is 9.08. The lowest BCUT2D eigenvalue weighted by molar-refractivity contribution is -0.131. The van der Waals surface area contributed by atoms with Crippen molar-refractivity contribution < 1.29 is 9.90 Å². The highest BCUT2D eigenvalue weighted by atomic mass is 32.1. The first-order valence-electron chi connectivity index (χ1n) is 6.18. The van der Waals surface area contributed by atoms with Crippen molar-refractivity contribution in [3.05, 3.63) is 52.9 Å². The number of benzene rings is 1. The lowest BCUT2D eigenvalue weighted by Crippen LogP contribution is -1.89. The number of carbonyl (C=O) groups is 1. The van der Waals surface area contributed by atoms with Gasteiger partial charge in [0.25, 0.3) is 0 Å². The van der Waals surface area contributed by atoms with Gasteiger partial charge in [-0.2, -0.15) is 0 Å². The molecule has 98 valence electrons. The van der Waals surface area contributed by atoms with Crippen LogP contribution >= 0.6 is 11.3 Å². The Morgan fingerprint density at radius 3 is 2.63 bits per heavy atom. The van der Waals surface area contributed by atoms with E-state index in [0.29, 0.717) is 5.92 Å². The van der Waals surface area contributed by atoms with E-state index >= 15 is 0 Å². The van der Waals surface area contributed by atoms with Gasteiger partial charge < -0.3 is 5.11 Å². The highest BCUT2D eigenvalue weighted by molar-refractivity contribution is 7.16. The molecule has 0 saturated heterocycles. The van der Waals surface area contributed by atoms with Crippen LogP contribution in [0.3, 0.4) is 0 Å². The Labute approximate surface area is 117 Å². The van der Waals surface area contributed by atoms with Crippen molar-refractivity contribution in [2.75, 3.05) is 0 Å². The van der Waals surface area contributed by atoms with E-state index in [9.17, 15) is 4.79 Å². The Morgan fingerprint density at radius 1 is 1.21 bits per heavy atom. The molecule has 2 rings (SSSR count). The van der Waals surface area contributed by atoms with Crippen molar-refractivity contribution >= 4 is 23.4 Å². The Hall–Kier alpha value is -1.87. The summed E-state index contributed by atoms with van der Waals surface area (Å²) in [5, 5.41) is 8.63. The number of rotatable bonds is 4. The van der Waals surface area contributed by atoms with E-state index in [-0.39, 0.29) is 0 Å². The summed E-state index contributed by atoms with van der Waals surface area (Å²) in [4.78, 5) is 12.6. The van der Waals surface area contributed by atoms with Crippen molar-refractivity contribution in [2.45, 2.75) is 19.8 Å². The first-order valence-corrected chi connectivity index (χ1v) is 6.99. The Bertz CT molecular complexity index is 609. The van der Waals surface area contributed by atoms with Gasteiger partial charge in [-0.1, -0.05) is 38.1 Å². The second-order valence-electron chi connectivity index (χ2n) is 4.62. The monoisotopic (exact) mass is 272 g/mol. The number of carboxylic acids is 1. The van der Waals surface area contributed by atoms with Gasteiger partial charge in [-0.05, 0) is 35.3 Å². The molecule has 0 aliphatic rings. The van der Waals surface area contributed by atoms with Crippen LogP contribution in [0.2, 0.25) is 0 Å². The molecule has 3 heteroatoms. The Morgan fingerprint density at radius 2 is 1.95 bits per heavy atom. The van der Waals surface area contributed by atoms with Gasteiger partial charge in [0.05, 0.1) is 0 Å². The number of aliphatic carboxylic acids is 1. The topological polar surface area (TPSA) is 37.3 Å². The fourth-order valence-electron chi connectivity index (χ4n) is 1.97. The lowest BCUT2D eigenvalue weighted by Gasteiger charge is -2.10. The van der Waals surface area contributed by atoms with E-state index in [4.69, 9.17) is 5.11 Å². The summed E-state index contributed by atoms with van der Waals surface area (Å²) in [6.45, 7) is 4.36. The van der Waals surface area contributed by atoms with Crippen LogP contribution in [0.15, 0.2) is 42.5 Å². The van der Waals surface area contributed by atoms with Crippen LogP contribution in [-0.2, 0) is 4.79 Å². The van der Waals surface area contributed by atoms with Gasteiger partial charge in [-0.25, -0.2) is 4.79 Å². The van der Waals surface area contributed by atoms with E-state index < -0.39 is 5.97 Å². The largest absolute Gasteiger partial charge is 0.478 e. The van der Waals surface area contributed by atoms with Gasteiger partial charge in [0.1, 0.15) is 0 Å². The van der Waals surface area contributed by atoms with Gasteiger partial charge >= 0.3 is 5.97 Å². The fraction of sp³-hybridized carbons (Fsp3) is 0.188. The van der Waals surface area contributed by atoms with Crippen molar-refractivity contribution in [1.29, 1.82) is 0 Å². The van der Waals surface area contributed by atoms with Crippen molar-refractivity contribution in [3.8, 4) is 10.4 Å². The summed E-state index contributed by atoms with van der Waals surface area (Å²) in [6, 6.07) is 12.4. The predicted molar refractivity (Wildman–Crippen MR) is 80.5 cm³/mol. The molecule has 19 heavy (non-hydrogen) atoms. The summed E-state index contributed by atoms with van der Waals surface area (Å²) in [6.07, 6.45) is 2.80. The third-order valence-electron chi connectivity index (χ3n) is 2.87. The van der Waals surface area contributed by atoms with Crippen LogP contribution in [0, 0.1) is 0 Å². The van der Waals surface area contributed by atoms with E-state index in [1.165, 1.54) is 22.1 Å². The maximum atomic E-state index is 10.5. The molecule has 0 atom stereocenters. The number of thiophene rings is 1. The number of carboxylic acid groups (broad SMARTS) is 1. The molecule has 1 aromatic heterocycles. The van der Waals surface area contributed by atoms with Gasteiger partial charge in [0.2, 0.25) is 0 Å². The molecule has 2 aromatic rings. The molecule has 0 bridgehead atoms. The van der Waals surface area contributed by atoms with Crippen LogP contribution in [0.5, 0.6) is 0 Å². The third-order valence-corrected chi connectivity index (χ3v) is 3.95. The van der Waals surface area contributed by atoms with Crippen LogP contribution < -0.4 is 0 Å². The number of hydrogen-bond acceptors (Lipinski definition) is 2. The highest BCUT2D eigenvalue weighted by Gasteiger charge is 2.09. The zero-order valence-electron chi connectivity index (χ0n) is 11.0. The molecule has 0 unspecified atom stereocenters. The minimum absolute atomic E-state index is 0.469. The average Bonchev–Trinajstić information content (AvgIpc) is 2.85. The van der Waals surface area contributed by atoms with Gasteiger partial charge in [0.15, 0.2) is 0 Å². The maximum absolute atomic E-state index is 10.5. The zero-order valence-corrected chi connectivity index (χ0v) is 11.8. The standard InChI is InChI=1S/C16H16O2S/c1-11(2)13-5-3-4-6-14(13)15-9-7-12(19-15)8-10-16(17)18/h3-11H,1-2H3,(H,17,18)/b10-8+. The lowest BCUT2D eigenvalue weighted by atomic mass is 9.96. The Kier molecular flexibility index (Phi) is 4.17. The molecule has 2 nitrogen and oxygen atoms in total. The SMILES string of the molecule is CC(C)c1ccccc1-c1ccc(/C=C/C(=O)O)s1. The molecular formula is C16H16O2S. The predicted octanol–water partition coefficient (Wildman–Crippen LogP) is 4.64. The van der Waals surface area contributed by atoms with E-state index in [0.717, 1.165) is 4.88 Å². The summed E-state index contributed by atoms with van der Waals surface area (Å²) in [7, 11) is 0. The van der Waals surface area contributed by atoms with Crippen LogP contribution in [-0.4, -0.2) is 11.1 Å². The Balaban J connectivity index is 2.35. The molecule has 0 radical (unpaired) electrons. The highest BCUT2D eigenvalue weighted by Crippen LogP contribution is 2.34. The summed E-state index contributed by atoms with van der Waals surface area (Å²) < 4.78 is 0. The summed E-state index contributed by atoms with van der Waals surface area (Å²) in [5.41, 5.74) is 2.55. The molecule has 0 spiro atoms. The minimum Gasteiger partial charge on any atom is -0.478 e. The summed E-state index contributed by atoms with van der Waals surface area (Å²) in [5.74, 6) is -0.450. The zero-order chi connectivity index (χ0) is 13.8. The maximum Gasteiger partial charge on any atom is 0.328 e. The van der Waals surface area contributed by atoms with E-state index in [1.54, 1.807) is 17.4 Å². The second kappa shape index (κ2) is 5.85. The minimum atomic E-state index is -0.919. The van der Waals surface area contributed by atoms with Gasteiger partial charge in [-0.3, -0.25) is 0 Å². The fourth-order valence-corrected chi connectivity index (χ4v) is 2.92. The molecule has 0 amide bonds.